The number of piperidine rings is 1. The van der Waals surface area contributed by atoms with Crippen LogP contribution in [0.3, 0.4) is 0 Å². The van der Waals surface area contributed by atoms with Crippen LogP contribution in [0.5, 0.6) is 0 Å². The van der Waals surface area contributed by atoms with Crippen LogP contribution in [0.25, 0.3) is 0 Å². The van der Waals surface area contributed by atoms with Gasteiger partial charge in [-0.3, -0.25) is 4.68 Å². The van der Waals surface area contributed by atoms with Crippen LogP contribution >= 0.6 is 0 Å². The smallest absolute Gasteiger partial charge is 0.109 e. The van der Waals surface area contributed by atoms with Gasteiger partial charge in [-0.2, -0.15) is 5.10 Å². The quantitative estimate of drug-likeness (QED) is 0.916. The number of aromatic nitrogens is 2. The number of hydrogen-bond donors (Lipinski definition) is 1. The first-order valence-electron chi connectivity index (χ1n) is 8.22. The van der Waals surface area contributed by atoms with Crippen molar-refractivity contribution in [1.29, 1.82) is 0 Å². The van der Waals surface area contributed by atoms with Crippen LogP contribution in [0.15, 0.2) is 12.3 Å². The number of hydrogen-bond acceptors (Lipinski definition) is 2. The highest BCUT2D eigenvalue weighted by Crippen LogP contribution is 2.28. The van der Waals surface area contributed by atoms with Gasteiger partial charge in [0.05, 0.1) is 11.7 Å². The van der Waals surface area contributed by atoms with Crippen molar-refractivity contribution in [1.82, 2.24) is 15.1 Å². The molecule has 0 bridgehead atoms. The fraction of sp³-hybridized carbons (Fsp3) is 0.812. The van der Waals surface area contributed by atoms with E-state index in [1.54, 1.807) is 0 Å². The summed E-state index contributed by atoms with van der Waals surface area (Å²) < 4.78 is 16.4. The molecule has 2 aliphatic rings. The van der Waals surface area contributed by atoms with Gasteiger partial charge in [-0.1, -0.05) is 19.3 Å². The molecule has 3 nitrogen and oxygen atoms in total. The van der Waals surface area contributed by atoms with Crippen molar-refractivity contribution in [2.24, 2.45) is 5.92 Å². The molecule has 1 aliphatic heterocycles. The van der Waals surface area contributed by atoms with Gasteiger partial charge in [0.25, 0.3) is 0 Å². The Kier molecular flexibility index (Phi) is 4.71. The Bertz CT molecular complexity index is 406. The minimum Gasteiger partial charge on any atom is -0.317 e. The Labute approximate surface area is 120 Å². The molecule has 112 valence electrons. The van der Waals surface area contributed by atoms with E-state index in [9.17, 15) is 4.39 Å². The van der Waals surface area contributed by atoms with E-state index in [2.05, 4.69) is 21.3 Å². The van der Waals surface area contributed by atoms with Crippen LogP contribution in [-0.2, 0) is 6.42 Å². The van der Waals surface area contributed by atoms with Crippen LogP contribution in [0.1, 0.15) is 56.7 Å². The predicted octanol–water partition coefficient (Wildman–Crippen LogP) is 3.27. The number of nitrogens with zero attached hydrogens (tertiary/aromatic N) is 2. The summed E-state index contributed by atoms with van der Waals surface area (Å²) in [5, 5.41) is 7.92. The van der Waals surface area contributed by atoms with Crippen molar-refractivity contribution in [3.8, 4) is 0 Å². The van der Waals surface area contributed by atoms with E-state index in [1.165, 1.54) is 32.1 Å². The lowest BCUT2D eigenvalue weighted by Gasteiger charge is -2.25. The fourth-order valence-corrected chi connectivity index (χ4v) is 3.61. The van der Waals surface area contributed by atoms with Crippen LogP contribution in [0.2, 0.25) is 0 Å². The highest BCUT2D eigenvalue weighted by molar-refractivity contribution is 5.02. The van der Waals surface area contributed by atoms with Gasteiger partial charge in [-0.25, -0.2) is 4.39 Å². The van der Waals surface area contributed by atoms with Crippen molar-refractivity contribution >= 4 is 0 Å². The second-order valence-corrected chi connectivity index (χ2v) is 6.39. The number of rotatable bonds is 4. The summed E-state index contributed by atoms with van der Waals surface area (Å²) >= 11 is 0. The monoisotopic (exact) mass is 279 g/mol. The summed E-state index contributed by atoms with van der Waals surface area (Å²) in [5.74, 6) is 0.219. The molecule has 1 atom stereocenters. The van der Waals surface area contributed by atoms with E-state index in [0.29, 0.717) is 12.5 Å². The molecule has 1 aromatic rings. The second-order valence-electron chi connectivity index (χ2n) is 6.39. The minimum atomic E-state index is -0.730. The summed E-state index contributed by atoms with van der Waals surface area (Å²) in [6.07, 6.45) is 10.2. The third-order valence-electron chi connectivity index (χ3n) is 4.91. The van der Waals surface area contributed by atoms with Crippen molar-refractivity contribution in [2.75, 3.05) is 13.1 Å². The van der Waals surface area contributed by atoms with Crippen LogP contribution in [-0.4, -0.2) is 29.0 Å². The van der Waals surface area contributed by atoms with E-state index in [4.69, 9.17) is 0 Å². The second kappa shape index (κ2) is 6.70. The molecule has 1 aliphatic carbocycles. The molecule has 1 saturated carbocycles. The first kappa shape index (κ1) is 14.1. The van der Waals surface area contributed by atoms with Crippen molar-refractivity contribution < 1.29 is 4.39 Å². The fourth-order valence-electron chi connectivity index (χ4n) is 3.61. The highest BCUT2D eigenvalue weighted by Gasteiger charge is 2.24. The van der Waals surface area contributed by atoms with Crippen molar-refractivity contribution in [3.63, 3.8) is 0 Å². The molecule has 3 rings (SSSR count). The SMILES string of the molecule is FC(Cc1ccn(C2CCCCC2)n1)C1CCNCC1. The topological polar surface area (TPSA) is 29.9 Å². The highest BCUT2D eigenvalue weighted by atomic mass is 19.1. The molecule has 2 heterocycles. The molecule has 1 unspecified atom stereocenters. The molecule has 20 heavy (non-hydrogen) atoms. The summed E-state index contributed by atoms with van der Waals surface area (Å²) in [4.78, 5) is 0. The zero-order valence-corrected chi connectivity index (χ0v) is 12.2. The van der Waals surface area contributed by atoms with Gasteiger partial charge in [-0.05, 0) is 50.8 Å². The number of alkyl halides is 1. The molecule has 1 N–H and O–H groups in total. The molecule has 1 aromatic heterocycles. The van der Waals surface area contributed by atoms with Gasteiger partial charge in [0, 0.05) is 12.6 Å². The van der Waals surface area contributed by atoms with Gasteiger partial charge < -0.3 is 5.32 Å². The molecular formula is C16H26FN3. The lowest BCUT2D eigenvalue weighted by molar-refractivity contribution is 0.185. The van der Waals surface area contributed by atoms with Crippen LogP contribution < -0.4 is 5.32 Å². The molecule has 0 radical (unpaired) electrons. The number of nitrogens with one attached hydrogen (secondary N) is 1. The maximum atomic E-state index is 14.3. The van der Waals surface area contributed by atoms with Crippen molar-refractivity contribution in [3.05, 3.63) is 18.0 Å². The first-order chi connectivity index (χ1) is 9.83. The molecule has 0 aromatic carbocycles. The Balaban J connectivity index is 1.56. The molecule has 2 fully saturated rings. The maximum absolute atomic E-state index is 14.3. The standard InChI is InChI=1S/C16H26FN3/c17-16(13-6-9-18-10-7-13)12-14-8-11-20(19-14)15-4-2-1-3-5-15/h8,11,13,15-16,18H,1-7,9-10,12H2. The Hall–Kier alpha value is -0.900. The molecule has 4 heteroatoms. The minimum absolute atomic E-state index is 0.219. The van der Waals surface area contributed by atoms with Gasteiger partial charge in [0.1, 0.15) is 6.17 Å². The van der Waals surface area contributed by atoms with Crippen LogP contribution in [0.4, 0.5) is 4.39 Å². The maximum Gasteiger partial charge on any atom is 0.109 e. The largest absolute Gasteiger partial charge is 0.317 e. The van der Waals surface area contributed by atoms with Crippen molar-refractivity contribution in [2.45, 2.75) is 63.6 Å². The Morgan fingerprint density at radius 1 is 1.20 bits per heavy atom. The summed E-state index contributed by atoms with van der Waals surface area (Å²) in [5.41, 5.74) is 0.932. The Morgan fingerprint density at radius 2 is 1.95 bits per heavy atom. The van der Waals surface area contributed by atoms with E-state index in [0.717, 1.165) is 31.6 Å². The lowest BCUT2D eigenvalue weighted by atomic mass is 9.91. The third-order valence-corrected chi connectivity index (χ3v) is 4.91. The van der Waals surface area contributed by atoms with Gasteiger partial charge in [-0.15, -0.1) is 0 Å². The first-order valence-corrected chi connectivity index (χ1v) is 8.22. The van der Waals surface area contributed by atoms with E-state index < -0.39 is 6.17 Å². The van der Waals surface area contributed by atoms with E-state index >= 15 is 0 Å². The summed E-state index contributed by atoms with van der Waals surface area (Å²) in [6, 6.07) is 2.57. The number of halogens is 1. The average Bonchev–Trinajstić information content (AvgIpc) is 2.97. The summed E-state index contributed by atoms with van der Waals surface area (Å²) in [7, 11) is 0. The lowest BCUT2D eigenvalue weighted by Crippen LogP contribution is -2.33. The molecule has 0 spiro atoms. The average molecular weight is 279 g/mol. The zero-order valence-electron chi connectivity index (χ0n) is 12.2. The molecular weight excluding hydrogens is 253 g/mol. The molecule has 1 saturated heterocycles. The van der Waals surface area contributed by atoms with Gasteiger partial charge in [0.2, 0.25) is 0 Å². The van der Waals surface area contributed by atoms with Gasteiger partial charge >= 0.3 is 0 Å². The Morgan fingerprint density at radius 3 is 2.70 bits per heavy atom. The predicted molar refractivity (Wildman–Crippen MR) is 78.5 cm³/mol. The van der Waals surface area contributed by atoms with E-state index in [-0.39, 0.29) is 5.92 Å². The van der Waals surface area contributed by atoms with Gasteiger partial charge in [0.15, 0.2) is 0 Å². The van der Waals surface area contributed by atoms with E-state index in [1.807, 2.05) is 6.07 Å². The third kappa shape index (κ3) is 3.40. The zero-order chi connectivity index (χ0) is 13.8. The summed E-state index contributed by atoms with van der Waals surface area (Å²) in [6.45, 7) is 1.92. The molecule has 0 amide bonds. The normalized spacial score (nSPS) is 23.9. The van der Waals surface area contributed by atoms with Crippen LogP contribution in [0, 0.1) is 5.92 Å².